The third-order valence-corrected chi connectivity index (χ3v) is 9.74. The van der Waals surface area contributed by atoms with Crippen molar-refractivity contribution in [3.05, 3.63) is 151 Å². The van der Waals surface area contributed by atoms with E-state index >= 15 is 0 Å². The maximum atomic E-state index is 6.54. The average molecular weight is 862 g/mol. The van der Waals surface area contributed by atoms with E-state index in [0.717, 1.165) is 44.3 Å². The van der Waals surface area contributed by atoms with Gasteiger partial charge in [0.1, 0.15) is 5.82 Å². The molecule has 0 saturated carbocycles. The summed E-state index contributed by atoms with van der Waals surface area (Å²) in [5.41, 5.74) is 9.98. The maximum absolute atomic E-state index is 6.54. The topological polar surface area (TPSA) is 35.9 Å². The molecule has 3 aromatic heterocycles. The minimum absolute atomic E-state index is 0. The zero-order valence-corrected chi connectivity index (χ0v) is 32.9. The standard InChI is InChI=1S/C46H42N4O.Pt/c1-30(2)36-17-13-18-37(31(3)4)45(36)49-29-48(41-20-10-11-21-42(41)49)33-14-12-15-34(27-33)51-35-22-23-39-38-16-8-9-19-40(38)50(43(39)28-35)44-26-32(24-25-47-44)46(5,6)7;/h8-26,30-31H,1-7H3;/q-2;. The summed E-state index contributed by atoms with van der Waals surface area (Å²) < 4.78 is 13.0. The van der Waals surface area contributed by atoms with Gasteiger partial charge in [0.15, 0.2) is 0 Å². The predicted molar refractivity (Wildman–Crippen MR) is 207 cm³/mol. The Kier molecular flexibility index (Phi) is 9.44. The van der Waals surface area contributed by atoms with Crippen molar-refractivity contribution in [3.63, 3.8) is 0 Å². The first kappa shape index (κ1) is 35.4. The first-order valence-electron chi connectivity index (χ1n) is 17.8. The van der Waals surface area contributed by atoms with Gasteiger partial charge in [-0.05, 0) is 63.2 Å². The fraction of sp³-hybridized carbons (Fsp3) is 0.217. The van der Waals surface area contributed by atoms with Crippen LogP contribution in [-0.4, -0.2) is 14.1 Å². The van der Waals surface area contributed by atoms with Gasteiger partial charge >= 0.3 is 0 Å². The van der Waals surface area contributed by atoms with Gasteiger partial charge in [0.25, 0.3) is 6.33 Å². The van der Waals surface area contributed by atoms with Gasteiger partial charge < -0.3 is 13.9 Å². The number of fused-ring (bicyclic) bond motifs is 4. The summed E-state index contributed by atoms with van der Waals surface area (Å²) in [4.78, 5) is 4.82. The van der Waals surface area contributed by atoms with E-state index in [2.05, 4.69) is 172 Å². The molecule has 0 N–H and O–H groups in total. The Labute approximate surface area is 320 Å². The number of imidazole rings is 1. The SMILES string of the molecule is CC(C)c1cccc(C(C)C)c1-[n+]1[c-]n(-c2[c-]c(Oc3[c-]c4c(cc3)c3ccccc3n4-c3cc(C(C)(C)C)ccn3)ccc2)c2ccccc21.[Pt]. The van der Waals surface area contributed by atoms with Gasteiger partial charge in [-0.3, -0.25) is 4.57 Å². The molecule has 3 heterocycles. The van der Waals surface area contributed by atoms with E-state index < -0.39 is 0 Å². The van der Waals surface area contributed by atoms with Gasteiger partial charge in [-0.2, -0.15) is 18.2 Å². The molecule has 0 radical (unpaired) electrons. The smallest absolute Gasteiger partial charge is 0.268 e. The summed E-state index contributed by atoms with van der Waals surface area (Å²) in [6.45, 7) is 15.7. The molecule has 5 nitrogen and oxygen atoms in total. The summed E-state index contributed by atoms with van der Waals surface area (Å²) in [7, 11) is 0. The number of para-hydroxylation sites is 4. The second-order valence-corrected chi connectivity index (χ2v) is 14.9. The van der Waals surface area contributed by atoms with Gasteiger partial charge in [-0.25, -0.2) is 4.98 Å². The van der Waals surface area contributed by atoms with Crippen molar-refractivity contribution in [2.75, 3.05) is 0 Å². The van der Waals surface area contributed by atoms with Crippen molar-refractivity contribution in [2.45, 2.75) is 65.7 Å². The normalized spacial score (nSPS) is 11.9. The van der Waals surface area contributed by atoms with E-state index in [1.165, 1.54) is 22.4 Å². The molecule has 0 aliphatic carbocycles. The molecule has 8 aromatic rings. The van der Waals surface area contributed by atoms with Crippen molar-refractivity contribution in [3.8, 4) is 28.7 Å². The van der Waals surface area contributed by atoms with Gasteiger partial charge in [0, 0.05) is 44.3 Å². The van der Waals surface area contributed by atoms with Crippen molar-refractivity contribution in [1.29, 1.82) is 0 Å². The van der Waals surface area contributed by atoms with Gasteiger partial charge in [0.2, 0.25) is 0 Å². The number of benzene rings is 5. The minimum atomic E-state index is -0.00838. The van der Waals surface area contributed by atoms with Crippen LogP contribution in [-0.2, 0) is 26.5 Å². The average Bonchev–Trinajstić information content (AvgIpc) is 3.67. The van der Waals surface area contributed by atoms with Crippen LogP contribution in [0.5, 0.6) is 11.5 Å². The van der Waals surface area contributed by atoms with E-state index in [4.69, 9.17) is 9.72 Å². The molecule has 0 unspecified atom stereocenters. The van der Waals surface area contributed by atoms with E-state index in [-0.39, 0.29) is 26.5 Å². The van der Waals surface area contributed by atoms with Crippen LogP contribution >= 0.6 is 0 Å². The summed E-state index contributed by atoms with van der Waals surface area (Å²) >= 11 is 0. The van der Waals surface area contributed by atoms with Crippen LogP contribution in [0.4, 0.5) is 0 Å². The number of ether oxygens (including phenoxy) is 1. The Hall–Kier alpha value is -4.99. The van der Waals surface area contributed by atoms with Crippen molar-refractivity contribution < 1.29 is 30.4 Å². The van der Waals surface area contributed by atoms with Crippen LogP contribution in [0.1, 0.15) is 77.0 Å². The molecule has 264 valence electrons. The third kappa shape index (κ3) is 6.26. The van der Waals surface area contributed by atoms with Crippen LogP contribution in [0.15, 0.2) is 115 Å². The molecular weight excluding hydrogens is 820 g/mol. The van der Waals surface area contributed by atoms with Crippen LogP contribution in [0.25, 0.3) is 50.0 Å². The maximum Gasteiger partial charge on any atom is 0.268 e. The molecule has 52 heavy (non-hydrogen) atoms. The molecule has 0 aliphatic rings. The second-order valence-electron chi connectivity index (χ2n) is 14.9. The molecule has 0 aliphatic heterocycles. The van der Waals surface area contributed by atoms with E-state index in [9.17, 15) is 0 Å². The zero-order chi connectivity index (χ0) is 35.4. The third-order valence-electron chi connectivity index (χ3n) is 9.74. The first-order valence-corrected chi connectivity index (χ1v) is 17.8. The van der Waals surface area contributed by atoms with E-state index in [0.29, 0.717) is 23.3 Å². The fourth-order valence-corrected chi connectivity index (χ4v) is 7.10. The summed E-state index contributed by atoms with van der Waals surface area (Å²) in [5, 5.41) is 2.24. The molecule has 0 spiro atoms. The molecule has 0 saturated heterocycles. The van der Waals surface area contributed by atoms with Crippen molar-refractivity contribution in [2.24, 2.45) is 0 Å². The number of rotatable bonds is 7. The number of hydrogen-bond donors (Lipinski definition) is 0. The van der Waals surface area contributed by atoms with Gasteiger partial charge in [-0.15, -0.1) is 29.7 Å². The largest absolute Gasteiger partial charge is 0.510 e. The molecule has 0 bridgehead atoms. The molecule has 5 aromatic carbocycles. The Morgan fingerprint density at radius 3 is 2.10 bits per heavy atom. The Bertz CT molecular complexity index is 2540. The van der Waals surface area contributed by atoms with Crippen LogP contribution in [0.2, 0.25) is 0 Å². The zero-order valence-electron chi connectivity index (χ0n) is 30.6. The Balaban J connectivity index is 0.00000420. The van der Waals surface area contributed by atoms with Crippen LogP contribution in [0, 0.1) is 18.5 Å². The summed E-state index contributed by atoms with van der Waals surface area (Å²) in [6.07, 6.45) is 5.61. The van der Waals surface area contributed by atoms with Gasteiger partial charge in [-0.1, -0.05) is 115 Å². The van der Waals surface area contributed by atoms with Crippen LogP contribution in [0.3, 0.4) is 0 Å². The molecule has 0 atom stereocenters. The van der Waals surface area contributed by atoms with Crippen molar-refractivity contribution in [1.82, 2.24) is 14.1 Å². The van der Waals surface area contributed by atoms with Crippen LogP contribution < -0.4 is 9.30 Å². The predicted octanol–water partition coefficient (Wildman–Crippen LogP) is 11.1. The second kappa shape index (κ2) is 13.9. The monoisotopic (exact) mass is 861 g/mol. The molecular formula is C46H42N4OPt-2. The van der Waals surface area contributed by atoms with Crippen molar-refractivity contribution >= 4 is 32.8 Å². The number of aromatic nitrogens is 4. The molecule has 8 rings (SSSR count). The minimum Gasteiger partial charge on any atom is -0.510 e. The van der Waals surface area contributed by atoms with Gasteiger partial charge in [0.05, 0.1) is 16.7 Å². The molecule has 6 heteroatoms. The number of nitrogens with zero attached hydrogens (tertiary/aromatic N) is 4. The van der Waals surface area contributed by atoms with E-state index in [1.807, 2.05) is 24.4 Å². The fourth-order valence-electron chi connectivity index (χ4n) is 7.10. The number of pyridine rings is 1. The Morgan fingerprint density at radius 1 is 0.692 bits per heavy atom. The number of hydrogen-bond acceptors (Lipinski definition) is 2. The summed E-state index contributed by atoms with van der Waals surface area (Å²) in [5.74, 6) is 2.78. The quantitative estimate of drug-likeness (QED) is 0.118. The van der Waals surface area contributed by atoms with E-state index in [1.54, 1.807) is 0 Å². The Morgan fingerprint density at radius 2 is 1.37 bits per heavy atom. The first-order chi connectivity index (χ1) is 24.6. The molecule has 0 amide bonds. The summed E-state index contributed by atoms with van der Waals surface area (Å²) in [6, 6.07) is 45.1. The molecule has 0 fully saturated rings.